The molecule has 4 nitrogen and oxygen atoms in total. The van der Waals surface area contributed by atoms with Crippen LogP contribution in [0.5, 0.6) is 5.75 Å². The van der Waals surface area contributed by atoms with E-state index in [2.05, 4.69) is 4.90 Å². The van der Waals surface area contributed by atoms with Gasteiger partial charge in [0.2, 0.25) is 0 Å². The van der Waals surface area contributed by atoms with Crippen molar-refractivity contribution < 1.29 is 18.6 Å². The van der Waals surface area contributed by atoms with E-state index < -0.39 is 0 Å². The van der Waals surface area contributed by atoms with Gasteiger partial charge in [-0.1, -0.05) is 0 Å². The summed E-state index contributed by atoms with van der Waals surface area (Å²) in [4.78, 5) is 2.42. The number of halogens is 1. The molecule has 2 aliphatic rings. The van der Waals surface area contributed by atoms with Gasteiger partial charge < -0.3 is 19.1 Å². The second-order valence-corrected chi connectivity index (χ2v) is 5.61. The van der Waals surface area contributed by atoms with Gasteiger partial charge in [0.1, 0.15) is 11.6 Å². The molecule has 0 aromatic heterocycles. The fourth-order valence-electron chi connectivity index (χ4n) is 2.91. The normalized spacial score (nSPS) is 21.8. The van der Waals surface area contributed by atoms with Crippen LogP contribution in [0.15, 0.2) is 24.3 Å². The lowest BCUT2D eigenvalue weighted by atomic mass is 10.0. The first-order valence-electron chi connectivity index (χ1n) is 7.64. The molecule has 2 aliphatic heterocycles. The van der Waals surface area contributed by atoms with Crippen molar-refractivity contribution in [3.05, 3.63) is 30.1 Å². The molecule has 1 aromatic rings. The van der Waals surface area contributed by atoms with Crippen LogP contribution in [0, 0.1) is 5.82 Å². The third kappa shape index (κ3) is 3.93. The number of benzene rings is 1. The highest BCUT2D eigenvalue weighted by atomic mass is 19.1. The summed E-state index contributed by atoms with van der Waals surface area (Å²) in [6, 6.07) is 6.16. The molecule has 0 N–H and O–H groups in total. The second kappa shape index (κ2) is 6.73. The van der Waals surface area contributed by atoms with Gasteiger partial charge >= 0.3 is 0 Å². The fraction of sp³-hybridized carbons (Fsp3) is 0.625. The van der Waals surface area contributed by atoms with Gasteiger partial charge in [-0.05, 0) is 30.7 Å². The average Bonchev–Trinajstić information content (AvgIpc) is 2.96. The smallest absolute Gasteiger partial charge is 0.170 e. The van der Waals surface area contributed by atoms with Gasteiger partial charge in [-0.2, -0.15) is 0 Å². The predicted molar refractivity (Wildman–Crippen MR) is 76.8 cm³/mol. The number of hydrogen-bond donors (Lipinski definition) is 0. The van der Waals surface area contributed by atoms with Crippen LogP contribution in [-0.2, 0) is 9.47 Å². The van der Waals surface area contributed by atoms with E-state index in [9.17, 15) is 4.39 Å². The summed E-state index contributed by atoms with van der Waals surface area (Å²) < 4.78 is 29.8. The SMILES string of the molecule is Fc1ccc(OCCCN2CCC3(CC2)OCCO3)cc1. The van der Waals surface area contributed by atoms with E-state index in [1.807, 2.05) is 0 Å². The number of nitrogens with zero attached hydrogens (tertiary/aromatic N) is 1. The maximum absolute atomic E-state index is 12.8. The molecule has 1 aromatic carbocycles. The Morgan fingerprint density at radius 3 is 2.43 bits per heavy atom. The lowest BCUT2D eigenvalue weighted by Gasteiger charge is -2.37. The summed E-state index contributed by atoms with van der Waals surface area (Å²) in [5.41, 5.74) is 0. The van der Waals surface area contributed by atoms with Crippen LogP contribution in [0.2, 0.25) is 0 Å². The van der Waals surface area contributed by atoms with Crippen molar-refractivity contribution in [2.24, 2.45) is 0 Å². The van der Waals surface area contributed by atoms with E-state index in [0.717, 1.165) is 57.9 Å². The zero-order chi connectivity index (χ0) is 14.5. The highest BCUT2D eigenvalue weighted by molar-refractivity contribution is 5.21. The molecule has 0 radical (unpaired) electrons. The highest BCUT2D eigenvalue weighted by Crippen LogP contribution is 2.31. The van der Waals surface area contributed by atoms with E-state index in [-0.39, 0.29) is 11.6 Å². The Morgan fingerprint density at radius 1 is 1.10 bits per heavy atom. The van der Waals surface area contributed by atoms with Crippen molar-refractivity contribution in [3.8, 4) is 5.75 Å². The van der Waals surface area contributed by atoms with Crippen LogP contribution in [0.1, 0.15) is 19.3 Å². The van der Waals surface area contributed by atoms with Crippen LogP contribution in [0.4, 0.5) is 4.39 Å². The molecule has 116 valence electrons. The minimum Gasteiger partial charge on any atom is -0.494 e. The third-order valence-electron chi connectivity index (χ3n) is 4.13. The van der Waals surface area contributed by atoms with Crippen molar-refractivity contribution in [2.75, 3.05) is 39.5 Å². The van der Waals surface area contributed by atoms with Crippen molar-refractivity contribution in [1.29, 1.82) is 0 Å². The van der Waals surface area contributed by atoms with E-state index in [1.54, 1.807) is 12.1 Å². The molecule has 0 saturated carbocycles. The van der Waals surface area contributed by atoms with E-state index in [4.69, 9.17) is 14.2 Å². The summed E-state index contributed by atoms with van der Waals surface area (Å²) in [5.74, 6) is 0.198. The summed E-state index contributed by atoms with van der Waals surface area (Å²) in [5, 5.41) is 0. The lowest BCUT2D eigenvalue weighted by molar-refractivity contribution is -0.185. The molecule has 5 heteroatoms. The first kappa shape index (κ1) is 14.8. The molecule has 21 heavy (non-hydrogen) atoms. The number of likely N-dealkylation sites (tertiary alicyclic amines) is 1. The number of hydrogen-bond acceptors (Lipinski definition) is 4. The minimum absolute atomic E-state index is 0.235. The van der Waals surface area contributed by atoms with E-state index in [0.29, 0.717) is 6.61 Å². The first-order valence-corrected chi connectivity index (χ1v) is 7.64. The van der Waals surface area contributed by atoms with Gasteiger partial charge in [0.25, 0.3) is 0 Å². The molecule has 0 unspecified atom stereocenters. The number of ether oxygens (including phenoxy) is 3. The maximum Gasteiger partial charge on any atom is 0.170 e. The molecule has 2 heterocycles. The second-order valence-electron chi connectivity index (χ2n) is 5.61. The highest BCUT2D eigenvalue weighted by Gasteiger charge is 2.39. The topological polar surface area (TPSA) is 30.9 Å². The molecule has 2 saturated heterocycles. The first-order chi connectivity index (χ1) is 10.3. The molecule has 0 aliphatic carbocycles. The van der Waals surface area contributed by atoms with Gasteiger partial charge in [0, 0.05) is 32.5 Å². The molecule has 2 fully saturated rings. The molecule has 0 amide bonds. The Bertz CT molecular complexity index is 435. The monoisotopic (exact) mass is 295 g/mol. The van der Waals surface area contributed by atoms with E-state index >= 15 is 0 Å². The standard InChI is InChI=1S/C16H22FNO3/c17-14-2-4-15(5-3-14)19-11-1-8-18-9-6-16(7-10-18)20-12-13-21-16/h2-5H,1,6-13H2. The van der Waals surface area contributed by atoms with Crippen LogP contribution in [0.3, 0.4) is 0 Å². The zero-order valence-corrected chi connectivity index (χ0v) is 12.2. The van der Waals surface area contributed by atoms with Crippen molar-refractivity contribution in [1.82, 2.24) is 4.90 Å². The number of rotatable bonds is 5. The molecule has 3 rings (SSSR count). The van der Waals surface area contributed by atoms with Gasteiger partial charge in [0.05, 0.1) is 19.8 Å². The van der Waals surface area contributed by atoms with Gasteiger partial charge in [-0.25, -0.2) is 4.39 Å². The van der Waals surface area contributed by atoms with Crippen LogP contribution < -0.4 is 4.74 Å². The molecular weight excluding hydrogens is 273 g/mol. The van der Waals surface area contributed by atoms with Crippen molar-refractivity contribution >= 4 is 0 Å². The van der Waals surface area contributed by atoms with Gasteiger partial charge in [-0.3, -0.25) is 0 Å². The molecule has 0 atom stereocenters. The summed E-state index contributed by atoms with van der Waals surface area (Å²) in [7, 11) is 0. The molecule has 0 bridgehead atoms. The Balaban J connectivity index is 1.32. The van der Waals surface area contributed by atoms with Crippen LogP contribution in [0.25, 0.3) is 0 Å². The zero-order valence-electron chi connectivity index (χ0n) is 12.2. The van der Waals surface area contributed by atoms with Crippen LogP contribution >= 0.6 is 0 Å². The lowest BCUT2D eigenvalue weighted by Crippen LogP contribution is -2.45. The molecular formula is C16H22FNO3. The largest absolute Gasteiger partial charge is 0.494 e. The van der Waals surface area contributed by atoms with Crippen molar-refractivity contribution in [3.63, 3.8) is 0 Å². The van der Waals surface area contributed by atoms with E-state index in [1.165, 1.54) is 12.1 Å². The average molecular weight is 295 g/mol. The summed E-state index contributed by atoms with van der Waals surface area (Å²) in [6.45, 7) is 5.14. The number of piperidine rings is 1. The Morgan fingerprint density at radius 2 is 1.76 bits per heavy atom. The Kier molecular flexibility index (Phi) is 4.73. The van der Waals surface area contributed by atoms with Gasteiger partial charge in [0.15, 0.2) is 5.79 Å². The molecule has 1 spiro atoms. The summed E-state index contributed by atoms with van der Waals surface area (Å²) in [6.07, 6.45) is 2.86. The summed E-state index contributed by atoms with van der Waals surface area (Å²) >= 11 is 0. The Labute approximate surface area is 124 Å². The van der Waals surface area contributed by atoms with Crippen molar-refractivity contribution in [2.45, 2.75) is 25.0 Å². The fourth-order valence-corrected chi connectivity index (χ4v) is 2.91. The minimum atomic E-state index is -0.291. The third-order valence-corrected chi connectivity index (χ3v) is 4.13. The predicted octanol–water partition coefficient (Wildman–Crippen LogP) is 2.43. The Hall–Kier alpha value is -1.17. The van der Waals surface area contributed by atoms with Crippen LogP contribution in [-0.4, -0.2) is 50.1 Å². The quantitative estimate of drug-likeness (QED) is 0.781. The van der Waals surface area contributed by atoms with Gasteiger partial charge in [-0.15, -0.1) is 0 Å². The maximum atomic E-state index is 12.8.